The van der Waals surface area contributed by atoms with Crippen molar-refractivity contribution in [1.29, 1.82) is 0 Å². The molecule has 0 saturated carbocycles. The maximum atomic E-state index is 12.5. The molecule has 0 heterocycles. The van der Waals surface area contributed by atoms with Crippen molar-refractivity contribution in [3.05, 3.63) is 65.7 Å². The zero-order chi connectivity index (χ0) is 17.4. The van der Waals surface area contributed by atoms with Crippen LogP contribution in [0.1, 0.15) is 11.1 Å². The highest BCUT2D eigenvalue weighted by atomic mass is 32.2. The Labute approximate surface area is 148 Å². The normalized spacial score (nSPS) is 11.1. The molecule has 2 rings (SSSR count). The molecule has 0 bridgehead atoms. The summed E-state index contributed by atoms with van der Waals surface area (Å²) in [6.07, 6.45) is -4.33. The first kappa shape index (κ1) is 18.6. The van der Waals surface area contributed by atoms with E-state index in [0.29, 0.717) is 17.3 Å². The van der Waals surface area contributed by atoms with Crippen LogP contribution in [0.2, 0.25) is 0 Å². The van der Waals surface area contributed by atoms with Gasteiger partial charge in [0.25, 0.3) is 0 Å². The Morgan fingerprint density at radius 1 is 1.00 bits per heavy atom. The molecule has 0 aliphatic rings. The van der Waals surface area contributed by atoms with E-state index in [9.17, 15) is 13.2 Å². The molecule has 0 radical (unpaired) electrons. The molecule has 2 aromatic rings. The van der Waals surface area contributed by atoms with Crippen molar-refractivity contribution in [3.63, 3.8) is 0 Å². The minimum atomic E-state index is -4.33. The van der Waals surface area contributed by atoms with Gasteiger partial charge in [-0.1, -0.05) is 30.3 Å². The fourth-order valence-electron chi connectivity index (χ4n) is 1.92. The van der Waals surface area contributed by atoms with Gasteiger partial charge in [-0.15, -0.1) is 0 Å². The average Bonchev–Trinajstić information content (AvgIpc) is 2.55. The standard InChI is InChI=1S/C17H17F3N2S2/c18-17(19,20)14-6-8-15(9-7-14)22-16(23)21-10-11-24-12-13-4-2-1-3-5-13/h1-9H,10-12H2,(H2,21,22,23). The van der Waals surface area contributed by atoms with Gasteiger partial charge in [0.2, 0.25) is 0 Å². The number of nitrogens with one attached hydrogen (secondary N) is 2. The molecule has 7 heteroatoms. The van der Waals surface area contributed by atoms with Crippen LogP contribution in [-0.2, 0) is 11.9 Å². The molecule has 2 N–H and O–H groups in total. The van der Waals surface area contributed by atoms with Gasteiger partial charge in [0.15, 0.2) is 5.11 Å². The van der Waals surface area contributed by atoms with Gasteiger partial charge in [0.05, 0.1) is 5.56 Å². The molecule has 0 spiro atoms. The van der Waals surface area contributed by atoms with Crippen molar-refractivity contribution in [2.75, 3.05) is 17.6 Å². The van der Waals surface area contributed by atoms with E-state index in [2.05, 4.69) is 22.8 Å². The lowest BCUT2D eigenvalue weighted by Gasteiger charge is -2.12. The number of alkyl halides is 3. The zero-order valence-electron chi connectivity index (χ0n) is 12.8. The molecule has 0 amide bonds. The minimum absolute atomic E-state index is 0.398. The van der Waals surface area contributed by atoms with Gasteiger partial charge in [-0.05, 0) is 42.0 Å². The highest BCUT2D eigenvalue weighted by Gasteiger charge is 2.29. The Morgan fingerprint density at radius 3 is 2.29 bits per heavy atom. The van der Waals surface area contributed by atoms with Gasteiger partial charge in [0, 0.05) is 23.7 Å². The van der Waals surface area contributed by atoms with E-state index in [4.69, 9.17) is 12.2 Å². The molecular formula is C17H17F3N2S2. The van der Waals surface area contributed by atoms with Crippen LogP contribution in [-0.4, -0.2) is 17.4 Å². The van der Waals surface area contributed by atoms with Crippen LogP contribution in [0.3, 0.4) is 0 Å². The van der Waals surface area contributed by atoms with E-state index in [0.717, 1.165) is 23.6 Å². The van der Waals surface area contributed by atoms with E-state index < -0.39 is 11.7 Å². The van der Waals surface area contributed by atoms with E-state index in [-0.39, 0.29) is 0 Å². The molecule has 24 heavy (non-hydrogen) atoms. The van der Waals surface area contributed by atoms with Crippen molar-refractivity contribution >= 4 is 34.8 Å². The lowest BCUT2D eigenvalue weighted by atomic mass is 10.2. The zero-order valence-corrected chi connectivity index (χ0v) is 14.4. The molecule has 128 valence electrons. The fraction of sp³-hybridized carbons (Fsp3) is 0.235. The van der Waals surface area contributed by atoms with Gasteiger partial charge in [0.1, 0.15) is 0 Å². The summed E-state index contributed by atoms with van der Waals surface area (Å²) >= 11 is 6.92. The summed E-state index contributed by atoms with van der Waals surface area (Å²) in [4.78, 5) is 0. The van der Waals surface area contributed by atoms with Gasteiger partial charge in [-0.2, -0.15) is 24.9 Å². The van der Waals surface area contributed by atoms with Crippen molar-refractivity contribution in [3.8, 4) is 0 Å². The average molecular weight is 370 g/mol. The number of rotatable bonds is 6. The van der Waals surface area contributed by atoms with Crippen LogP contribution in [0.5, 0.6) is 0 Å². The van der Waals surface area contributed by atoms with Gasteiger partial charge < -0.3 is 10.6 Å². The topological polar surface area (TPSA) is 24.1 Å². The van der Waals surface area contributed by atoms with Gasteiger partial charge >= 0.3 is 6.18 Å². The first-order chi connectivity index (χ1) is 11.4. The maximum absolute atomic E-state index is 12.5. The number of benzene rings is 2. The molecular weight excluding hydrogens is 353 g/mol. The third-order valence-corrected chi connectivity index (χ3v) is 4.39. The SMILES string of the molecule is FC(F)(F)c1ccc(NC(=S)NCCSCc2ccccc2)cc1. The lowest BCUT2D eigenvalue weighted by molar-refractivity contribution is -0.137. The predicted molar refractivity (Wildman–Crippen MR) is 98.3 cm³/mol. The van der Waals surface area contributed by atoms with Gasteiger partial charge in [-0.25, -0.2) is 0 Å². The number of anilines is 1. The van der Waals surface area contributed by atoms with Crippen molar-refractivity contribution < 1.29 is 13.2 Å². The Kier molecular flexibility index (Phi) is 6.93. The summed E-state index contributed by atoms with van der Waals surface area (Å²) in [5.74, 6) is 1.81. The van der Waals surface area contributed by atoms with Crippen molar-refractivity contribution in [2.45, 2.75) is 11.9 Å². The highest BCUT2D eigenvalue weighted by Crippen LogP contribution is 2.29. The summed E-state index contributed by atoms with van der Waals surface area (Å²) in [5, 5.41) is 6.31. The third-order valence-electron chi connectivity index (χ3n) is 3.11. The summed E-state index contributed by atoms with van der Waals surface area (Å²) in [6, 6.07) is 15.0. The Balaban J connectivity index is 1.66. The van der Waals surface area contributed by atoms with Crippen LogP contribution in [0, 0.1) is 0 Å². The summed E-state index contributed by atoms with van der Waals surface area (Å²) in [6.45, 7) is 0.684. The van der Waals surface area contributed by atoms with Crippen LogP contribution in [0.25, 0.3) is 0 Å². The molecule has 0 fully saturated rings. The summed E-state index contributed by atoms with van der Waals surface area (Å²) in [5.41, 5.74) is 1.12. The number of halogens is 3. The molecule has 0 unspecified atom stereocenters. The quantitative estimate of drug-likeness (QED) is 0.556. The lowest BCUT2D eigenvalue weighted by Crippen LogP contribution is -2.30. The van der Waals surface area contributed by atoms with Crippen LogP contribution in [0.15, 0.2) is 54.6 Å². The van der Waals surface area contributed by atoms with Crippen molar-refractivity contribution in [1.82, 2.24) is 5.32 Å². The molecule has 0 aliphatic carbocycles. The summed E-state index contributed by atoms with van der Waals surface area (Å²) < 4.78 is 37.4. The number of hydrogen-bond acceptors (Lipinski definition) is 2. The Hall–Kier alpha value is -1.73. The summed E-state index contributed by atoms with van der Waals surface area (Å²) in [7, 11) is 0. The van der Waals surface area contributed by atoms with Crippen LogP contribution >= 0.6 is 24.0 Å². The maximum Gasteiger partial charge on any atom is 0.416 e. The van der Waals surface area contributed by atoms with Gasteiger partial charge in [-0.3, -0.25) is 0 Å². The highest BCUT2D eigenvalue weighted by molar-refractivity contribution is 7.98. The second-order valence-electron chi connectivity index (χ2n) is 4.99. The second kappa shape index (κ2) is 8.94. The van der Waals surface area contributed by atoms with E-state index in [1.165, 1.54) is 17.7 Å². The molecule has 2 aromatic carbocycles. The van der Waals surface area contributed by atoms with Crippen LogP contribution < -0.4 is 10.6 Å². The fourth-order valence-corrected chi connectivity index (χ4v) is 2.96. The molecule has 0 aliphatic heterocycles. The monoisotopic (exact) mass is 370 g/mol. The van der Waals surface area contributed by atoms with E-state index in [1.54, 1.807) is 11.8 Å². The van der Waals surface area contributed by atoms with Crippen LogP contribution in [0.4, 0.5) is 18.9 Å². The first-order valence-electron chi connectivity index (χ1n) is 7.29. The molecule has 0 saturated heterocycles. The second-order valence-corrected chi connectivity index (χ2v) is 6.51. The molecule has 0 atom stereocenters. The Morgan fingerprint density at radius 2 is 1.67 bits per heavy atom. The first-order valence-corrected chi connectivity index (χ1v) is 8.85. The van der Waals surface area contributed by atoms with E-state index >= 15 is 0 Å². The largest absolute Gasteiger partial charge is 0.416 e. The number of thioether (sulfide) groups is 1. The minimum Gasteiger partial charge on any atom is -0.362 e. The predicted octanol–water partition coefficient (Wildman–Crippen LogP) is 4.93. The van der Waals surface area contributed by atoms with Crippen molar-refractivity contribution in [2.24, 2.45) is 0 Å². The number of hydrogen-bond donors (Lipinski definition) is 2. The van der Waals surface area contributed by atoms with E-state index in [1.807, 2.05) is 18.2 Å². The molecule has 0 aromatic heterocycles. The molecule has 2 nitrogen and oxygen atoms in total. The number of thiocarbonyl (C=S) groups is 1. The Bertz CT molecular complexity index is 643. The third kappa shape index (κ3) is 6.41. The smallest absolute Gasteiger partial charge is 0.362 e.